The van der Waals surface area contributed by atoms with E-state index in [0.717, 1.165) is 29.0 Å². The Labute approximate surface area is 160 Å². The highest BCUT2D eigenvalue weighted by Gasteiger charge is 2.19. The SMILES string of the molecule is NS(=O)(=O)c1ccc(F)c(C(=O)OCC(=O)Nc2cccc3ccccc23)c1. The van der Waals surface area contributed by atoms with E-state index in [1.165, 1.54) is 0 Å². The Morgan fingerprint density at radius 2 is 1.75 bits per heavy atom. The lowest BCUT2D eigenvalue weighted by atomic mass is 10.1. The Bertz CT molecular complexity index is 1170. The summed E-state index contributed by atoms with van der Waals surface area (Å²) in [6.07, 6.45) is 0. The molecule has 28 heavy (non-hydrogen) atoms. The van der Waals surface area contributed by atoms with Crippen LogP contribution in [0.2, 0.25) is 0 Å². The van der Waals surface area contributed by atoms with Gasteiger partial charge in [0, 0.05) is 11.1 Å². The fraction of sp³-hybridized carbons (Fsp3) is 0.0526. The van der Waals surface area contributed by atoms with Crippen LogP contribution < -0.4 is 10.5 Å². The molecule has 0 spiro atoms. The van der Waals surface area contributed by atoms with Crippen LogP contribution in [-0.2, 0) is 19.6 Å². The largest absolute Gasteiger partial charge is 0.452 e. The number of fused-ring (bicyclic) bond motifs is 1. The lowest BCUT2D eigenvalue weighted by Gasteiger charge is -2.10. The van der Waals surface area contributed by atoms with Gasteiger partial charge in [-0.2, -0.15) is 0 Å². The summed E-state index contributed by atoms with van der Waals surface area (Å²) in [7, 11) is -4.12. The number of benzene rings is 3. The number of esters is 1. The zero-order valence-corrected chi connectivity index (χ0v) is 15.2. The van der Waals surface area contributed by atoms with E-state index in [2.05, 4.69) is 5.32 Å². The molecule has 0 heterocycles. The van der Waals surface area contributed by atoms with Crippen LogP contribution in [0.25, 0.3) is 10.8 Å². The van der Waals surface area contributed by atoms with Crippen molar-refractivity contribution in [1.82, 2.24) is 0 Å². The Morgan fingerprint density at radius 3 is 2.50 bits per heavy atom. The number of rotatable bonds is 5. The number of carbonyl (C=O) groups excluding carboxylic acids is 2. The topological polar surface area (TPSA) is 116 Å². The van der Waals surface area contributed by atoms with E-state index in [-0.39, 0.29) is 0 Å². The van der Waals surface area contributed by atoms with Crippen LogP contribution in [0.1, 0.15) is 10.4 Å². The summed E-state index contributed by atoms with van der Waals surface area (Å²) in [6, 6.07) is 15.2. The molecule has 144 valence electrons. The van der Waals surface area contributed by atoms with Gasteiger partial charge in [-0.1, -0.05) is 36.4 Å². The first-order valence-corrected chi connectivity index (χ1v) is 9.57. The number of anilines is 1. The molecule has 0 bridgehead atoms. The summed E-state index contributed by atoms with van der Waals surface area (Å²) in [5, 5.41) is 9.30. The van der Waals surface area contributed by atoms with Crippen molar-refractivity contribution in [2.45, 2.75) is 4.90 Å². The van der Waals surface area contributed by atoms with Gasteiger partial charge in [0.15, 0.2) is 6.61 Å². The van der Waals surface area contributed by atoms with Gasteiger partial charge in [-0.3, -0.25) is 4.79 Å². The normalized spacial score (nSPS) is 11.2. The van der Waals surface area contributed by atoms with Gasteiger partial charge in [0.2, 0.25) is 10.0 Å². The van der Waals surface area contributed by atoms with Crippen molar-refractivity contribution >= 4 is 38.4 Å². The van der Waals surface area contributed by atoms with E-state index in [0.29, 0.717) is 5.69 Å². The summed E-state index contributed by atoms with van der Waals surface area (Å²) >= 11 is 0. The number of nitrogens with one attached hydrogen (secondary N) is 1. The second-order valence-corrected chi connectivity index (χ2v) is 7.40. The number of ether oxygens (including phenoxy) is 1. The van der Waals surface area contributed by atoms with Crippen LogP contribution in [0, 0.1) is 5.82 Å². The highest BCUT2D eigenvalue weighted by molar-refractivity contribution is 7.89. The zero-order valence-electron chi connectivity index (χ0n) is 14.4. The molecule has 0 aliphatic carbocycles. The summed E-state index contributed by atoms with van der Waals surface area (Å²) in [5.74, 6) is -2.81. The first-order chi connectivity index (χ1) is 13.3. The van der Waals surface area contributed by atoms with Gasteiger partial charge in [0.05, 0.1) is 10.5 Å². The monoisotopic (exact) mass is 402 g/mol. The molecule has 1 amide bonds. The fourth-order valence-electron chi connectivity index (χ4n) is 2.57. The number of amides is 1. The van der Waals surface area contributed by atoms with Gasteiger partial charge in [0.25, 0.3) is 5.91 Å². The first kappa shape index (κ1) is 19.5. The number of carbonyl (C=O) groups is 2. The van der Waals surface area contributed by atoms with Crippen LogP contribution in [-0.4, -0.2) is 26.9 Å². The van der Waals surface area contributed by atoms with Crippen molar-refractivity contribution in [3.05, 3.63) is 72.0 Å². The summed E-state index contributed by atoms with van der Waals surface area (Å²) in [6.45, 7) is -0.679. The minimum Gasteiger partial charge on any atom is -0.452 e. The predicted molar refractivity (Wildman–Crippen MR) is 101 cm³/mol. The van der Waals surface area contributed by atoms with Crippen LogP contribution >= 0.6 is 0 Å². The van der Waals surface area contributed by atoms with Crippen molar-refractivity contribution in [2.24, 2.45) is 5.14 Å². The Kier molecular flexibility index (Phi) is 5.39. The van der Waals surface area contributed by atoms with Gasteiger partial charge < -0.3 is 10.1 Å². The lowest BCUT2D eigenvalue weighted by Crippen LogP contribution is -2.22. The molecule has 0 aromatic heterocycles. The van der Waals surface area contributed by atoms with Gasteiger partial charge in [0.1, 0.15) is 5.82 Å². The first-order valence-electron chi connectivity index (χ1n) is 8.03. The quantitative estimate of drug-likeness (QED) is 0.636. The molecule has 0 radical (unpaired) electrons. The number of nitrogens with two attached hydrogens (primary N) is 1. The molecule has 3 aromatic carbocycles. The maximum absolute atomic E-state index is 13.8. The van der Waals surface area contributed by atoms with Crippen LogP contribution in [0.15, 0.2) is 65.6 Å². The maximum atomic E-state index is 13.8. The van der Waals surface area contributed by atoms with Gasteiger partial charge in [-0.05, 0) is 29.7 Å². The molecule has 3 aromatic rings. The summed E-state index contributed by atoms with van der Waals surface area (Å²) in [5.41, 5.74) is -0.106. The second kappa shape index (κ2) is 7.75. The molecule has 0 saturated heterocycles. The molecular formula is C19H15FN2O5S. The molecule has 3 N–H and O–H groups in total. The Hall–Kier alpha value is -3.30. The highest BCUT2D eigenvalue weighted by Crippen LogP contribution is 2.23. The van der Waals surface area contributed by atoms with Crippen molar-refractivity contribution in [2.75, 3.05) is 11.9 Å². The lowest BCUT2D eigenvalue weighted by molar-refractivity contribution is -0.119. The molecule has 0 aliphatic heterocycles. The van der Waals surface area contributed by atoms with E-state index in [1.807, 2.05) is 30.3 Å². The predicted octanol–water partition coefficient (Wildman–Crippen LogP) is 2.42. The molecule has 0 saturated carbocycles. The standard InChI is InChI=1S/C19H15FN2O5S/c20-16-9-8-13(28(21,25)26)10-15(16)19(24)27-11-18(23)22-17-7-3-5-12-4-1-2-6-14(12)17/h1-10H,11H2,(H,22,23)(H2,21,25,26). The molecule has 0 aliphatic rings. The molecule has 0 atom stereocenters. The summed E-state index contributed by atoms with van der Waals surface area (Å²) < 4.78 is 41.3. The number of hydrogen-bond donors (Lipinski definition) is 2. The van der Waals surface area contributed by atoms with Gasteiger partial charge in [-0.15, -0.1) is 0 Å². The molecule has 7 nitrogen and oxygen atoms in total. The molecule has 9 heteroatoms. The minimum atomic E-state index is -4.12. The van der Waals surface area contributed by atoms with Crippen molar-refractivity contribution in [1.29, 1.82) is 0 Å². The average molecular weight is 402 g/mol. The molecule has 0 unspecified atom stereocenters. The number of primary sulfonamides is 1. The third-order valence-corrected chi connectivity index (χ3v) is 4.80. The molecular weight excluding hydrogens is 387 g/mol. The van der Waals surface area contributed by atoms with Crippen LogP contribution in [0.5, 0.6) is 0 Å². The van der Waals surface area contributed by atoms with E-state index in [9.17, 15) is 22.4 Å². The fourth-order valence-corrected chi connectivity index (χ4v) is 3.11. The Morgan fingerprint density at radius 1 is 1.04 bits per heavy atom. The maximum Gasteiger partial charge on any atom is 0.341 e. The minimum absolute atomic E-state index is 0.443. The highest BCUT2D eigenvalue weighted by atomic mass is 32.2. The molecule has 3 rings (SSSR count). The average Bonchev–Trinajstić information content (AvgIpc) is 2.66. The van der Waals surface area contributed by atoms with E-state index in [4.69, 9.17) is 9.88 Å². The van der Waals surface area contributed by atoms with Crippen molar-refractivity contribution < 1.29 is 27.1 Å². The second-order valence-electron chi connectivity index (χ2n) is 5.84. The van der Waals surface area contributed by atoms with Crippen LogP contribution in [0.4, 0.5) is 10.1 Å². The number of halogens is 1. The van der Waals surface area contributed by atoms with Crippen molar-refractivity contribution in [3.8, 4) is 0 Å². The molecule has 0 fully saturated rings. The van der Waals surface area contributed by atoms with E-state index < -0.39 is 44.8 Å². The van der Waals surface area contributed by atoms with Gasteiger partial charge >= 0.3 is 5.97 Å². The zero-order chi connectivity index (χ0) is 20.3. The number of sulfonamides is 1. The van der Waals surface area contributed by atoms with Crippen molar-refractivity contribution in [3.63, 3.8) is 0 Å². The number of hydrogen-bond acceptors (Lipinski definition) is 5. The third kappa shape index (κ3) is 4.33. The van der Waals surface area contributed by atoms with Gasteiger partial charge in [-0.25, -0.2) is 22.7 Å². The van der Waals surface area contributed by atoms with E-state index >= 15 is 0 Å². The summed E-state index contributed by atoms with van der Waals surface area (Å²) in [4.78, 5) is 23.7. The third-order valence-electron chi connectivity index (χ3n) is 3.88. The Balaban J connectivity index is 1.70. The smallest absolute Gasteiger partial charge is 0.341 e. The van der Waals surface area contributed by atoms with E-state index in [1.54, 1.807) is 12.1 Å². The van der Waals surface area contributed by atoms with Crippen LogP contribution in [0.3, 0.4) is 0 Å².